The quantitative estimate of drug-likeness (QED) is 0.418. The van der Waals surface area contributed by atoms with E-state index in [0.717, 1.165) is 6.42 Å². The van der Waals surface area contributed by atoms with Crippen LogP contribution in [0.15, 0.2) is 0 Å². The van der Waals surface area contributed by atoms with Gasteiger partial charge < -0.3 is 9.47 Å². The molecule has 0 aromatic carbocycles. The van der Waals surface area contributed by atoms with E-state index in [1.54, 1.807) is 11.8 Å². The number of rotatable bonds is 14. The Morgan fingerprint density at radius 3 is 1.81 bits per heavy atom. The average Bonchev–Trinajstić information content (AvgIpc) is 2.52. The number of ketones is 2. The highest BCUT2D eigenvalue weighted by Gasteiger charge is 2.14. The molecule has 0 aliphatic carbocycles. The number of hydrogen-bond acceptors (Lipinski definition) is 7. The zero-order valence-electron chi connectivity index (χ0n) is 16.0. The molecule has 0 aliphatic heterocycles. The summed E-state index contributed by atoms with van der Waals surface area (Å²) in [5.41, 5.74) is 0. The van der Waals surface area contributed by atoms with Crippen LogP contribution >= 0.6 is 11.8 Å². The standard InChI is InChI=1S/C17H32O4S.CO2.CH4/c1-13(2)16(18)8-10-21-12-11-20-9-6-7-17(19)15(5)22-14(3)4;2-1-3;/h13-15H,6-12H2,1-5H3;;1H4. The first-order chi connectivity index (χ1) is 11.8. The largest absolute Gasteiger partial charge is 0.379 e. The van der Waals surface area contributed by atoms with Crippen LogP contribution in [0.4, 0.5) is 0 Å². The van der Waals surface area contributed by atoms with E-state index in [1.807, 2.05) is 20.8 Å². The van der Waals surface area contributed by atoms with Crippen molar-refractivity contribution in [3.63, 3.8) is 0 Å². The Hall–Kier alpha value is -1.01. The van der Waals surface area contributed by atoms with Gasteiger partial charge in [-0.3, -0.25) is 9.59 Å². The molecule has 1 atom stereocenters. The molecule has 1 unspecified atom stereocenters. The van der Waals surface area contributed by atoms with Crippen molar-refractivity contribution in [3.05, 3.63) is 0 Å². The lowest BCUT2D eigenvalue weighted by molar-refractivity contribution is -0.191. The van der Waals surface area contributed by atoms with E-state index in [-0.39, 0.29) is 30.5 Å². The highest BCUT2D eigenvalue weighted by atomic mass is 32.2. The molecule has 0 amide bonds. The lowest BCUT2D eigenvalue weighted by atomic mass is 10.1. The molecule has 7 heteroatoms. The predicted octanol–water partition coefficient (Wildman–Crippen LogP) is 3.57. The highest BCUT2D eigenvalue weighted by Crippen LogP contribution is 2.18. The summed E-state index contributed by atoms with van der Waals surface area (Å²) < 4.78 is 10.8. The Kier molecular flexibility index (Phi) is 23.2. The molecule has 0 radical (unpaired) electrons. The van der Waals surface area contributed by atoms with Crippen LogP contribution in [0.1, 0.15) is 61.3 Å². The molecule has 26 heavy (non-hydrogen) atoms. The van der Waals surface area contributed by atoms with Gasteiger partial charge in [0.05, 0.1) is 25.1 Å². The number of thioether (sulfide) groups is 1. The molecule has 0 aromatic heterocycles. The third-order valence-electron chi connectivity index (χ3n) is 3.15. The number of Topliss-reactive ketones (excluding diaryl/α,β-unsaturated/α-hetero) is 2. The summed E-state index contributed by atoms with van der Waals surface area (Å²) >= 11 is 1.71. The van der Waals surface area contributed by atoms with E-state index in [9.17, 15) is 9.59 Å². The first-order valence-electron chi connectivity index (χ1n) is 8.61. The lowest BCUT2D eigenvalue weighted by Gasteiger charge is -2.12. The van der Waals surface area contributed by atoms with Gasteiger partial charge in [0.2, 0.25) is 0 Å². The van der Waals surface area contributed by atoms with Gasteiger partial charge in [0.15, 0.2) is 0 Å². The van der Waals surface area contributed by atoms with Crippen LogP contribution in [0, 0.1) is 5.92 Å². The normalized spacial score (nSPS) is 11.2. The van der Waals surface area contributed by atoms with Crippen molar-refractivity contribution in [2.45, 2.75) is 71.8 Å². The van der Waals surface area contributed by atoms with E-state index in [1.165, 1.54) is 0 Å². The number of ether oxygens (including phenoxy) is 2. The molecule has 0 saturated carbocycles. The highest BCUT2D eigenvalue weighted by molar-refractivity contribution is 8.01. The van der Waals surface area contributed by atoms with E-state index < -0.39 is 0 Å². The van der Waals surface area contributed by atoms with Gasteiger partial charge in [-0.05, 0) is 18.6 Å². The van der Waals surface area contributed by atoms with Crippen molar-refractivity contribution in [2.75, 3.05) is 26.4 Å². The number of hydrogen-bond donors (Lipinski definition) is 0. The molecule has 0 N–H and O–H groups in total. The third-order valence-corrected chi connectivity index (χ3v) is 4.37. The smallest absolute Gasteiger partial charge is 0.373 e. The van der Waals surface area contributed by atoms with Gasteiger partial charge in [-0.25, -0.2) is 0 Å². The van der Waals surface area contributed by atoms with Crippen molar-refractivity contribution < 1.29 is 28.7 Å². The fourth-order valence-corrected chi connectivity index (χ4v) is 2.91. The van der Waals surface area contributed by atoms with Gasteiger partial charge in [0.25, 0.3) is 0 Å². The van der Waals surface area contributed by atoms with Gasteiger partial charge in [0, 0.05) is 25.4 Å². The van der Waals surface area contributed by atoms with Crippen LogP contribution in [0.3, 0.4) is 0 Å². The summed E-state index contributed by atoms with van der Waals surface area (Å²) in [6.45, 7) is 12.0. The van der Waals surface area contributed by atoms with Crippen LogP contribution in [0.5, 0.6) is 0 Å². The Morgan fingerprint density at radius 2 is 1.35 bits per heavy atom. The monoisotopic (exact) mass is 392 g/mol. The van der Waals surface area contributed by atoms with Crippen LogP contribution in [0.2, 0.25) is 0 Å². The van der Waals surface area contributed by atoms with Gasteiger partial charge in [-0.2, -0.15) is 9.59 Å². The minimum Gasteiger partial charge on any atom is -0.379 e. The van der Waals surface area contributed by atoms with Gasteiger partial charge in [-0.1, -0.05) is 35.1 Å². The fraction of sp³-hybridized carbons (Fsp3) is 0.842. The second kappa shape index (κ2) is 20.3. The summed E-state index contributed by atoms with van der Waals surface area (Å²) in [6, 6.07) is 0. The van der Waals surface area contributed by atoms with Gasteiger partial charge in [0.1, 0.15) is 11.6 Å². The molecule has 0 bridgehead atoms. The molecule has 0 spiro atoms. The van der Waals surface area contributed by atoms with Gasteiger partial charge in [-0.15, -0.1) is 11.8 Å². The van der Waals surface area contributed by atoms with Crippen molar-refractivity contribution in [1.29, 1.82) is 0 Å². The second-order valence-electron chi connectivity index (χ2n) is 6.08. The van der Waals surface area contributed by atoms with Crippen molar-refractivity contribution >= 4 is 29.5 Å². The lowest BCUT2D eigenvalue weighted by Crippen LogP contribution is -2.16. The van der Waals surface area contributed by atoms with E-state index >= 15 is 0 Å². The Bertz CT molecular complexity index is 389. The molecule has 0 fully saturated rings. The summed E-state index contributed by atoms with van der Waals surface area (Å²) in [4.78, 5) is 39.4. The molecule has 0 aliphatic rings. The minimum absolute atomic E-state index is 0. The molecule has 0 heterocycles. The van der Waals surface area contributed by atoms with Crippen molar-refractivity contribution in [2.24, 2.45) is 5.92 Å². The SMILES string of the molecule is C.CC(C)SC(C)C(=O)CCCOCCOCCC(=O)C(C)C.O=C=O. The molecule has 0 rings (SSSR count). The van der Waals surface area contributed by atoms with E-state index in [2.05, 4.69) is 13.8 Å². The maximum Gasteiger partial charge on any atom is 0.373 e. The maximum atomic E-state index is 11.8. The topological polar surface area (TPSA) is 86.7 Å². The predicted molar refractivity (Wildman–Crippen MR) is 104 cm³/mol. The number of carbonyl (C=O) groups excluding carboxylic acids is 4. The summed E-state index contributed by atoms with van der Waals surface area (Å²) in [5, 5.41) is 0.553. The van der Waals surface area contributed by atoms with E-state index in [4.69, 9.17) is 19.1 Å². The Morgan fingerprint density at radius 1 is 0.846 bits per heavy atom. The molecule has 6 nitrogen and oxygen atoms in total. The van der Waals surface area contributed by atoms with Crippen molar-refractivity contribution in [3.8, 4) is 0 Å². The third kappa shape index (κ3) is 21.0. The zero-order valence-corrected chi connectivity index (χ0v) is 16.9. The zero-order chi connectivity index (χ0) is 19.7. The van der Waals surface area contributed by atoms with Crippen LogP contribution < -0.4 is 0 Å². The summed E-state index contributed by atoms with van der Waals surface area (Å²) in [5.74, 6) is 0.604. The minimum atomic E-state index is 0. The van der Waals surface area contributed by atoms with Gasteiger partial charge >= 0.3 is 6.15 Å². The molecule has 154 valence electrons. The molecule has 0 saturated heterocycles. The van der Waals surface area contributed by atoms with Crippen LogP contribution in [-0.4, -0.2) is 54.6 Å². The molecular formula is C19H36O6S. The number of carbonyl (C=O) groups is 2. The maximum absolute atomic E-state index is 11.8. The Balaban J connectivity index is -0.00000123. The molecular weight excluding hydrogens is 356 g/mol. The first-order valence-corrected chi connectivity index (χ1v) is 9.56. The Labute approximate surface area is 162 Å². The van der Waals surface area contributed by atoms with E-state index in [0.29, 0.717) is 50.3 Å². The van der Waals surface area contributed by atoms with Crippen LogP contribution in [-0.2, 0) is 28.7 Å². The summed E-state index contributed by atoms with van der Waals surface area (Å²) in [6.07, 6.45) is 2.05. The second-order valence-corrected chi connectivity index (χ2v) is 8.00. The van der Waals surface area contributed by atoms with Crippen molar-refractivity contribution in [1.82, 2.24) is 0 Å². The summed E-state index contributed by atoms with van der Waals surface area (Å²) in [7, 11) is 0. The fourth-order valence-electron chi connectivity index (χ4n) is 1.82. The first kappa shape index (κ1) is 29.7. The molecule has 0 aromatic rings. The van der Waals surface area contributed by atoms with Crippen LogP contribution in [0.25, 0.3) is 0 Å². The average molecular weight is 393 g/mol.